The second-order valence-corrected chi connectivity index (χ2v) is 3.80. The van der Waals surface area contributed by atoms with Crippen LogP contribution in [0.2, 0.25) is 0 Å². The van der Waals surface area contributed by atoms with Gasteiger partial charge in [-0.1, -0.05) is 24.5 Å². The number of carboxylic acid groups (broad SMARTS) is 1. The van der Waals surface area contributed by atoms with Crippen LogP contribution in [0.5, 0.6) is 0 Å². The lowest BCUT2D eigenvalue weighted by atomic mass is 9.80. The maximum atomic E-state index is 10.2. The largest absolute Gasteiger partial charge is 0.472 e. The van der Waals surface area contributed by atoms with Crippen molar-refractivity contribution in [1.29, 1.82) is 0 Å². The van der Waals surface area contributed by atoms with Crippen molar-refractivity contribution in [2.24, 2.45) is 0 Å². The van der Waals surface area contributed by atoms with Gasteiger partial charge in [0.05, 0.1) is 0 Å². The molecule has 0 amide bonds. The third kappa shape index (κ3) is 2.38. The molecule has 0 unspecified atom stereocenters. The average Bonchev–Trinajstić information content (AvgIpc) is 2.14. The molecule has 1 N–H and O–H groups in total. The van der Waals surface area contributed by atoms with Crippen molar-refractivity contribution in [2.75, 3.05) is 0 Å². The first kappa shape index (κ1) is 9.79. The second kappa shape index (κ2) is 4.18. The summed E-state index contributed by atoms with van der Waals surface area (Å²) >= 11 is 0. The first-order valence-electron chi connectivity index (χ1n) is 5.10. The van der Waals surface area contributed by atoms with Crippen LogP contribution in [0.1, 0.15) is 36.3 Å². The molecule has 0 saturated heterocycles. The van der Waals surface area contributed by atoms with Gasteiger partial charge in [-0.2, -0.15) is 0 Å². The fourth-order valence-electron chi connectivity index (χ4n) is 1.71. The standard InChI is InChI=1S/C13H12O2/c14-13(15)9-6-10-4-7-12(8-5-10)11-2-1-3-11/h4-5,7-8,11H,1-3H2,(H,14,15). The molecule has 2 rings (SSSR count). The molecule has 1 aromatic rings. The zero-order chi connectivity index (χ0) is 10.7. The van der Waals surface area contributed by atoms with E-state index in [1.54, 1.807) is 0 Å². The van der Waals surface area contributed by atoms with Crippen LogP contribution in [0.4, 0.5) is 0 Å². The van der Waals surface area contributed by atoms with Crippen LogP contribution >= 0.6 is 0 Å². The van der Waals surface area contributed by atoms with Crippen LogP contribution < -0.4 is 0 Å². The topological polar surface area (TPSA) is 37.3 Å². The van der Waals surface area contributed by atoms with E-state index in [2.05, 4.69) is 24.0 Å². The van der Waals surface area contributed by atoms with Crippen LogP contribution in [0.3, 0.4) is 0 Å². The maximum Gasteiger partial charge on any atom is 0.382 e. The van der Waals surface area contributed by atoms with Crippen LogP contribution in [0, 0.1) is 11.8 Å². The minimum Gasteiger partial charge on any atom is -0.472 e. The molecule has 2 heteroatoms. The van der Waals surface area contributed by atoms with Gasteiger partial charge in [0.15, 0.2) is 0 Å². The summed E-state index contributed by atoms with van der Waals surface area (Å²) in [7, 11) is 0. The van der Waals surface area contributed by atoms with Gasteiger partial charge < -0.3 is 5.11 Å². The van der Waals surface area contributed by atoms with Gasteiger partial charge in [-0.15, -0.1) is 0 Å². The van der Waals surface area contributed by atoms with E-state index in [-0.39, 0.29) is 0 Å². The molecule has 0 atom stereocenters. The van der Waals surface area contributed by atoms with Gasteiger partial charge in [-0.05, 0) is 36.5 Å². The van der Waals surface area contributed by atoms with Gasteiger partial charge in [0.1, 0.15) is 0 Å². The van der Waals surface area contributed by atoms with Gasteiger partial charge in [0, 0.05) is 11.5 Å². The monoisotopic (exact) mass is 200 g/mol. The van der Waals surface area contributed by atoms with Gasteiger partial charge in [0.2, 0.25) is 0 Å². The molecule has 15 heavy (non-hydrogen) atoms. The highest BCUT2D eigenvalue weighted by Gasteiger charge is 2.18. The Morgan fingerprint density at radius 3 is 2.40 bits per heavy atom. The van der Waals surface area contributed by atoms with Crippen molar-refractivity contribution in [1.82, 2.24) is 0 Å². The Balaban J connectivity index is 2.10. The SMILES string of the molecule is O=C(O)C#Cc1ccc(C2CCC2)cc1. The summed E-state index contributed by atoms with van der Waals surface area (Å²) in [6, 6.07) is 7.89. The Morgan fingerprint density at radius 2 is 1.93 bits per heavy atom. The Kier molecular flexibility index (Phi) is 2.73. The van der Waals surface area contributed by atoms with Gasteiger partial charge >= 0.3 is 5.97 Å². The first-order valence-corrected chi connectivity index (χ1v) is 5.10. The Morgan fingerprint density at radius 1 is 1.27 bits per heavy atom. The fourth-order valence-corrected chi connectivity index (χ4v) is 1.71. The fraction of sp³-hybridized carbons (Fsp3) is 0.308. The molecule has 76 valence electrons. The highest BCUT2D eigenvalue weighted by molar-refractivity contribution is 5.87. The van der Waals surface area contributed by atoms with Crippen LogP contribution in [-0.4, -0.2) is 11.1 Å². The van der Waals surface area contributed by atoms with Crippen molar-refractivity contribution in [3.63, 3.8) is 0 Å². The molecule has 1 fully saturated rings. The molecule has 1 aliphatic rings. The molecule has 0 radical (unpaired) electrons. The molecule has 1 aromatic carbocycles. The summed E-state index contributed by atoms with van der Waals surface area (Å²) in [5.74, 6) is 4.33. The lowest BCUT2D eigenvalue weighted by molar-refractivity contribution is -0.130. The average molecular weight is 200 g/mol. The van der Waals surface area contributed by atoms with Crippen molar-refractivity contribution < 1.29 is 9.90 Å². The molecule has 1 saturated carbocycles. The Labute approximate surface area is 88.9 Å². The van der Waals surface area contributed by atoms with E-state index in [1.165, 1.54) is 24.8 Å². The zero-order valence-electron chi connectivity index (χ0n) is 8.36. The summed E-state index contributed by atoms with van der Waals surface area (Å²) in [6.07, 6.45) is 3.88. The number of benzene rings is 1. The van der Waals surface area contributed by atoms with Crippen LogP contribution in [-0.2, 0) is 4.79 Å². The van der Waals surface area contributed by atoms with E-state index in [0.717, 1.165) is 5.56 Å². The Hall–Kier alpha value is -1.75. The molecule has 1 aliphatic carbocycles. The maximum absolute atomic E-state index is 10.2. The number of rotatable bonds is 1. The highest BCUT2D eigenvalue weighted by Crippen LogP contribution is 2.36. The minimum absolute atomic E-state index is 0.714. The summed E-state index contributed by atoms with van der Waals surface area (Å²) in [6.45, 7) is 0. The van der Waals surface area contributed by atoms with Crippen molar-refractivity contribution in [2.45, 2.75) is 25.2 Å². The van der Waals surface area contributed by atoms with Crippen molar-refractivity contribution in [3.8, 4) is 11.8 Å². The number of aliphatic carboxylic acids is 1. The molecular formula is C13H12O2. The lowest BCUT2D eigenvalue weighted by Gasteiger charge is -2.25. The quantitative estimate of drug-likeness (QED) is 0.707. The van der Waals surface area contributed by atoms with E-state index >= 15 is 0 Å². The van der Waals surface area contributed by atoms with E-state index in [9.17, 15) is 4.79 Å². The molecule has 0 aromatic heterocycles. The molecule has 0 aliphatic heterocycles. The van der Waals surface area contributed by atoms with E-state index in [1.807, 2.05) is 12.1 Å². The molecule has 0 spiro atoms. The van der Waals surface area contributed by atoms with Gasteiger partial charge in [-0.25, -0.2) is 4.79 Å². The van der Waals surface area contributed by atoms with E-state index in [4.69, 9.17) is 5.11 Å². The first-order chi connectivity index (χ1) is 7.25. The highest BCUT2D eigenvalue weighted by atomic mass is 16.4. The smallest absolute Gasteiger partial charge is 0.382 e. The van der Waals surface area contributed by atoms with Gasteiger partial charge in [0.25, 0.3) is 0 Å². The summed E-state index contributed by atoms with van der Waals surface area (Å²) in [5.41, 5.74) is 2.11. The van der Waals surface area contributed by atoms with Crippen molar-refractivity contribution >= 4 is 5.97 Å². The third-order valence-electron chi connectivity index (χ3n) is 2.80. The number of hydrogen-bond donors (Lipinski definition) is 1. The third-order valence-corrected chi connectivity index (χ3v) is 2.80. The summed E-state index contributed by atoms with van der Waals surface area (Å²) in [4.78, 5) is 10.2. The summed E-state index contributed by atoms with van der Waals surface area (Å²) in [5, 5.41) is 8.39. The van der Waals surface area contributed by atoms with Crippen LogP contribution in [0.15, 0.2) is 24.3 Å². The van der Waals surface area contributed by atoms with E-state index in [0.29, 0.717) is 5.92 Å². The molecule has 0 heterocycles. The normalized spacial score (nSPS) is 14.9. The zero-order valence-corrected chi connectivity index (χ0v) is 8.36. The minimum atomic E-state index is -1.09. The summed E-state index contributed by atoms with van der Waals surface area (Å²) < 4.78 is 0. The van der Waals surface area contributed by atoms with Crippen LogP contribution in [0.25, 0.3) is 0 Å². The lowest BCUT2D eigenvalue weighted by Crippen LogP contribution is -2.08. The predicted molar refractivity (Wildman–Crippen MR) is 57.5 cm³/mol. The predicted octanol–water partition coefficient (Wildman–Crippen LogP) is 2.39. The molecule has 2 nitrogen and oxygen atoms in total. The Bertz CT molecular complexity index is 416. The van der Waals surface area contributed by atoms with Crippen molar-refractivity contribution in [3.05, 3.63) is 35.4 Å². The number of carboxylic acids is 1. The molecular weight excluding hydrogens is 188 g/mol. The number of carbonyl (C=O) groups is 1. The molecule has 0 bridgehead atoms. The number of hydrogen-bond acceptors (Lipinski definition) is 1. The van der Waals surface area contributed by atoms with Gasteiger partial charge in [-0.3, -0.25) is 0 Å². The van der Waals surface area contributed by atoms with E-state index < -0.39 is 5.97 Å². The second-order valence-electron chi connectivity index (χ2n) is 3.80.